The lowest BCUT2D eigenvalue weighted by Gasteiger charge is -2.15. The first-order valence-electron chi connectivity index (χ1n) is 6.82. The molecule has 0 aliphatic heterocycles. The third-order valence-corrected chi connectivity index (χ3v) is 4.38. The average Bonchev–Trinajstić information content (AvgIpc) is 2.96. The first-order valence-corrected chi connectivity index (χ1v) is 7.64. The van der Waals surface area contributed by atoms with Crippen LogP contribution in [0.15, 0.2) is 23.3 Å². The third-order valence-electron chi connectivity index (χ3n) is 3.29. The van der Waals surface area contributed by atoms with Crippen molar-refractivity contribution in [1.29, 1.82) is 5.53 Å². The van der Waals surface area contributed by atoms with Crippen molar-refractivity contribution >= 4 is 27.5 Å². The van der Waals surface area contributed by atoms with Gasteiger partial charge in [-0.15, -0.1) is 11.3 Å². The van der Waals surface area contributed by atoms with Crippen LogP contribution in [0.4, 0.5) is 0 Å². The Bertz CT molecular complexity index is 673. The van der Waals surface area contributed by atoms with E-state index in [2.05, 4.69) is 14.8 Å². The summed E-state index contributed by atoms with van der Waals surface area (Å²) in [6.07, 6.45) is 0.344. The summed E-state index contributed by atoms with van der Waals surface area (Å²) in [4.78, 5) is 15.9. The molecule has 1 heterocycles. The number of nitrogens with one attached hydrogen (secondary N) is 1. The van der Waals surface area contributed by atoms with Crippen molar-refractivity contribution < 1.29 is 14.6 Å². The Balaban J connectivity index is 2.17. The molecule has 1 unspecified atom stereocenters. The normalized spacial score (nSPS) is 13.8. The van der Waals surface area contributed by atoms with Gasteiger partial charge >= 0.3 is 5.97 Å². The lowest BCUT2D eigenvalue weighted by Crippen LogP contribution is -2.28. The molecule has 22 heavy (non-hydrogen) atoms. The molecule has 118 valence electrons. The number of fused-ring (bicyclic) bond motifs is 1. The maximum atomic E-state index is 11.5. The van der Waals surface area contributed by atoms with Crippen molar-refractivity contribution in [2.75, 3.05) is 13.7 Å². The number of hydrogen-bond donors (Lipinski definition) is 3. The van der Waals surface area contributed by atoms with Crippen LogP contribution in [-0.2, 0) is 4.74 Å². The number of methoxy groups -OCH3 is 1. The van der Waals surface area contributed by atoms with E-state index in [-0.39, 0.29) is 0 Å². The zero-order chi connectivity index (χ0) is 16.1. The summed E-state index contributed by atoms with van der Waals surface area (Å²) in [5, 5.41) is 14.1. The fourth-order valence-corrected chi connectivity index (χ4v) is 3.13. The second-order valence-electron chi connectivity index (χ2n) is 4.86. The highest BCUT2D eigenvalue weighted by Gasteiger charge is 2.21. The molecule has 7 nitrogen and oxygen atoms in total. The number of thiazole rings is 1. The number of esters is 1. The molecule has 1 aromatic heterocycles. The van der Waals surface area contributed by atoms with Gasteiger partial charge in [0.25, 0.3) is 0 Å². The lowest BCUT2D eigenvalue weighted by molar-refractivity contribution is 0.0601. The minimum atomic E-state index is -0.871. The Morgan fingerprint density at radius 1 is 1.59 bits per heavy atom. The van der Waals surface area contributed by atoms with Gasteiger partial charge in [-0.3, -0.25) is 0 Å². The molecule has 4 N–H and O–H groups in total. The number of aliphatic hydroxyl groups is 1. The zero-order valence-electron chi connectivity index (χ0n) is 12.2. The summed E-state index contributed by atoms with van der Waals surface area (Å²) >= 11 is 1.31. The van der Waals surface area contributed by atoms with Crippen molar-refractivity contribution in [1.82, 2.24) is 4.98 Å². The summed E-state index contributed by atoms with van der Waals surface area (Å²) in [5.74, 6) is -0.409. The molecular weight excluding hydrogens is 304 g/mol. The highest BCUT2D eigenvalue weighted by atomic mass is 32.1. The van der Waals surface area contributed by atoms with Crippen LogP contribution in [0.2, 0.25) is 0 Å². The Labute approximate surface area is 131 Å². The van der Waals surface area contributed by atoms with Crippen LogP contribution in [0.5, 0.6) is 0 Å². The van der Waals surface area contributed by atoms with E-state index < -0.39 is 18.1 Å². The number of hydrogen-bond acceptors (Lipinski definition) is 8. The summed E-state index contributed by atoms with van der Waals surface area (Å²) in [6, 6.07) is 4.60. The SMILES string of the molecule is COC(=O)c1ccc2nc(C(O)[C@@H](N)CCCN=N)sc2c1. The molecule has 0 aliphatic carbocycles. The van der Waals surface area contributed by atoms with Crippen molar-refractivity contribution in [3.05, 3.63) is 28.8 Å². The number of nitrogens with two attached hydrogens (primary N) is 1. The summed E-state index contributed by atoms with van der Waals surface area (Å²) in [6.45, 7) is 0.406. The number of ether oxygens (including phenoxy) is 1. The van der Waals surface area contributed by atoms with E-state index in [0.717, 1.165) is 4.70 Å². The predicted molar refractivity (Wildman–Crippen MR) is 83.1 cm³/mol. The number of nitrogens with zero attached hydrogens (tertiary/aromatic N) is 2. The van der Waals surface area contributed by atoms with E-state index in [1.807, 2.05) is 0 Å². The van der Waals surface area contributed by atoms with Gasteiger partial charge in [0.2, 0.25) is 0 Å². The highest BCUT2D eigenvalue weighted by Crippen LogP contribution is 2.29. The molecule has 0 amide bonds. The van der Waals surface area contributed by atoms with Gasteiger partial charge in [0.15, 0.2) is 0 Å². The van der Waals surface area contributed by atoms with Gasteiger partial charge in [-0.25, -0.2) is 15.3 Å². The second kappa shape index (κ2) is 7.39. The van der Waals surface area contributed by atoms with Crippen LogP contribution in [-0.4, -0.2) is 35.8 Å². The Kier molecular flexibility index (Phi) is 5.53. The monoisotopic (exact) mass is 322 g/mol. The van der Waals surface area contributed by atoms with Crippen molar-refractivity contribution in [3.63, 3.8) is 0 Å². The topological polar surface area (TPSA) is 122 Å². The molecule has 0 bridgehead atoms. The number of carbonyl (C=O) groups excluding carboxylic acids is 1. The first-order chi connectivity index (χ1) is 10.6. The molecule has 0 radical (unpaired) electrons. The highest BCUT2D eigenvalue weighted by molar-refractivity contribution is 7.18. The smallest absolute Gasteiger partial charge is 0.337 e. The molecule has 2 aromatic rings. The van der Waals surface area contributed by atoms with Crippen molar-refractivity contribution in [2.24, 2.45) is 10.8 Å². The number of carbonyl (C=O) groups is 1. The summed E-state index contributed by atoms with van der Waals surface area (Å²) < 4.78 is 5.48. The van der Waals surface area contributed by atoms with Crippen molar-refractivity contribution in [3.8, 4) is 0 Å². The van der Waals surface area contributed by atoms with Crippen LogP contribution in [0.1, 0.15) is 34.3 Å². The van der Waals surface area contributed by atoms with Crippen LogP contribution < -0.4 is 5.73 Å². The lowest BCUT2D eigenvalue weighted by atomic mass is 10.1. The minimum absolute atomic E-state index is 0.406. The fraction of sp³-hybridized carbons (Fsp3) is 0.429. The van der Waals surface area contributed by atoms with Gasteiger partial charge in [-0.2, -0.15) is 5.11 Å². The predicted octanol–water partition coefficient (Wildman–Crippen LogP) is 2.25. The maximum Gasteiger partial charge on any atom is 0.337 e. The van der Waals surface area contributed by atoms with E-state index >= 15 is 0 Å². The zero-order valence-corrected chi connectivity index (χ0v) is 13.0. The molecule has 0 saturated carbocycles. The number of rotatable bonds is 7. The molecule has 0 fully saturated rings. The Hall–Kier alpha value is -1.90. The van der Waals surface area contributed by atoms with Crippen LogP contribution >= 0.6 is 11.3 Å². The van der Waals surface area contributed by atoms with Crippen LogP contribution in [0.25, 0.3) is 10.2 Å². The van der Waals surface area contributed by atoms with Crippen LogP contribution in [0, 0.1) is 5.53 Å². The van der Waals surface area contributed by atoms with Crippen LogP contribution in [0.3, 0.4) is 0 Å². The number of aromatic nitrogens is 1. The molecule has 8 heteroatoms. The minimum Gasteiger partial charge on any atom is -0.465 e. The Morgan fingerprint density at radius 2 is 2.36 bits per heavy atom. The second-order valence-corrected chi connectivity index (χ2v) is 5.92. The van der Waals surface area contributed by atoms with E-state index in [9.17, 15) is 9.90 Å². The number of benzene rings is 1. The molecule has 1 aromatic carbocycles. The third kappa shape index (κ3) is 3.65. The standard InChI is InChI=1S/C14H18N4O3S/c1-21-14(20)8-4-5-10-11(7-8)22-13(18-10)12(19)9(15)3-2-6-17-16/h4-5,7,9,12,16,19H,2-3,6,15H2,1H3/t9-,12?/m0/s1. The first kappa shape index (κ1) is 16.5. The van der Waals surface area contributed by atoms with E-state index in [0.29, 0.717) is 35.5 Å². The van der Waals surface area contributed by atoms with Gasteiger partial charge in [-0.05, 0) is 31.0 Å². The Morgan fingerprint density at radius 3 is 3.05 bits per heavy atom. The van der Waals surface area contributed by atoms with Gasteiger partial charge in [-0.1, -0.05) is 0 Å². The molecule has 0 aliphatic rings. The quantitative estimate of drug-likeness (QED) is 0.410. The average molecular weight is 322 g/mol. The fourth-order valence-electron chi connectivity index (χ4n) is 2.06. The van der Waals surface area contributed by atoms with E-state index in [4.69, 9.17) is 11.3 Å². The van der Waals surface area contributed by atoms with Crippen molar-refractivity contribution in [2.45, 2.75) is 25.0 Å². The maximum absolute atomic E-state index is 11.5. The van der Waals surface area contributed by atoms with Gasteiger partial charge in [0.1, 0.15) is 11.1 Å². The van der Waals surface area contributed by atoms with E-state index in [1.165, 1.54) is 18.4 Å². The molecular formula is C14H18N4O3S. The van der Waals surface area contributed by atoms with Gasteiger partial charge < -0.3 is 15.6 Å². The van der Waals surface area contributed by atoms with E-state index in [1.54, 1.807) is 18.2 Å². The summed E-state index contributed by atoms with van der Waals surface area (Å²) in [7, 11) is 1.33. The molecule has 2 rings (SSSR count). The summed E-state index contributed by atoms with van der Waals surface area (Å²) in [5.41, 5.74) is 13.8. The van der Waals surface area contributed by atoms with Gasteiger partial charge in [0.05, 0.1) is 29.4 Å². The molecule has 0 spiro atoms. The van der Waals surface area contributed by atoms with Gasteiger partial charge in [0, 0.05) is 6.04 Å². The molecule has 0 saturated heterocycles. The number of aliphatic hydroxyl groups excluding tert-OH is 1. The molecule has 2 atom stereocenters. The largest absolute Gasteiger partial charge is 0.465 e.